The van der Waals surface area contributed by atoms with Gasteiger partial charge in [-0.1, -0.05) is 30.3 Å². The number of amides is 1. The molecule has 0 spiro atoms. The van der Waals surface area contributed by atoms with E-state index in [1.54, 1.807) is 18.2 Å². The van der Waals surface area contributed by atoms with Crippen LogP contribution in [0.5, 0.6) is 11.5 Å². The molecule has 152 valence electrons. The van der Waals surface area contributed by atoms with Crippen LogP contribution in [0.3, 0.4) is 0 Å². The predicted molar refractivity (Wildman–Crippen MR) is 107 cm³/mol. The molecule has 0 N–H and O–H groups in total. The maximum absolute atomic E-state index is 13.3. The number of hydrogen-bond donors (Lipinski definition) is 0. The number of nitrogens with zero attached hydrogens (tertiary/aromatic N) is 1. The van der Waals surface area contributed by atoms with Crippen LogP contribution in [0.15, 0.2) is 48.5 Å². The maximum atomic E-state index is 13.3. The summed E-state index contributed by atoms with van der Waals surface area (Å²) in [7, 11) is 0. The van der Waals surface area contributed by atoms with E-state index in [1.165, 1.54) is 0 Å². The Kier molecular flexibility index (Phi) is 5.69. The Labute approximate surface area is 170 Å². The van der Waals surface area contributed by atoms with Crippen molar-refractivity contribution in [3.63, 3.8) is 0 Å². The first-order valence-electron chi connectivity index (χ1n) is 10.0. The molecule has 1 saturated carbocycles. The van der Waals surface area contributed by atoms with Gasteiger partial charge in [-0.3, -0.25) is 9.59 Å². The fourth-order valence-corrected chi connectivity index (χ4v) is 3.65. The van der Waals surface area contributed by atoms with Gasteiger partial charge in [-0.15, -0.1) is 0 Å². The molecule has 2 aromatic rings. The van der Waals surface area contributed by atoms with E-state index in [1.807, 2.05) is 42.2 Å². The van der Waals surface area contributed by atoms with Crippen LogP contribution in [0.25, 0.3) is 0 Å². The summed E-state index contributed by atoms with van der Waals surface area (Å²) in [6.07, 6.45) is 0.762. The Bertz CT molecular complexity index is 882. The van der Waals surface area contributed by atoms with Gasteiger partial charge in [-0.05, 0) is 43.0 Å². The van der Waals surface area contributed by atoms with E-state index >= 15 is 0 Å². The molecule has 0 radical (unpaired) electrons. The summed E-state index contributed by atoms with van der Waals surface area (Å²) in [5.41, 5.74) is 1.60. The molecule has 2 aliphatic rings. The molecule has 6 nitrogen and oxygen atoms in total. The minimum atomic E-state index is -0.163. The second kappa shape index (κ2) is 8.55. The van der Waals surface area contributed by atoms with E-state index < -0.39 is 0 Å². The highest BCUT2D eigenvalue weighted by Gasteiger charge is 2.45. The second-order valence-corrected chi connectivity index (χ2v) is 7.38. The van der Waals surface area contributed by atoms with Gasteiger partial charge in [0.25, 0.3) is 5.91 Å². The fraction of sp³-hybridized carbons (Fsp3) is 0.391. The third-order valence-corrected chi connectivity index (χ3v) is 5.26. The number of hydrogen-bond acceptors (Lipinski definition) is 5. The van der Waals surface area contributed by atoms with Gasteiger partial charge in [-0.25, -0.2) is 0 Å². The molecule has 1 aliphatic heterocycles. The Morgan fingerprint density at radius 1 is 1.07 bits per heavy atom. The highest BCUT2D eigenvalue weighted by atomic mass is 16.6. The molecule has 6 heteroatoms. The van der Waals surface area contributed by atoms with Gasteiger partial charge in [0.15, 0.2) is 11.5 Å². The van der Waals surface area contributed by atoms with E-state index in [4.69, 9.17) is 14.2 Å². The van der Waals surface area contributed by atoms with Crippen molar-refractivity contribution in [3.8, 4) is 11.5 Å². The van der Waals surface area contributed by atoms with Gasteiger partial charge in [0.2, 0.25) is 0 Å². The summed E-state index contributed by atoms with van der Waals surface area (Å²) in [6.45, 7) is 4.18. The van der Waals surface area contributed by atoms with Crippen molar-refractivity contribution in [1.82, 2.24) is 4.90 Å². The van der Waals surface area contributed by atoms with Crippen molar-refractivity contribution in [2.45, 2.75) is 19.9 Å². The van der Waals surface area contributed by atoms with Crippen LogP contribution in [0, 0.1) is 11.8 Å². The number of carbonyl (C=O) groups is 2. The van der Waals surface area contributed by atoms with Gasteiger partial charge in [0, 0.05) is 18.7 Å². The summed E-state index contributed by atoms with van der Waals surface area (Å²) in [5.74, 6) is 1.04. The molecule has 0 bridgehead atoms. The molecule has 1 heterocycles. The molecular weight excluding hydrogens is 370 g/mol. The van der Waals surface area contributed by atoms with Crippen LogP contribution in [0.2, 0.25) is 0 Å². The van der Waals surface area contributed by atoms with E-state index in [0.29, 0.717) is 50.0 Å². The zero-order valence-corrected chi connectivity index (χ0v) is 16.5. The second-order valence-electron chi connectivity index (χ2n) is 7.38. The first-order valence-corrected chi connectivity index (χ1v) is 10.0. The number of fused-ring (bicyclic) bond motifs is 1. The van der Waals surface area contributed by atoms with Crippen LogP contribution in [0.1, 0.15) is 29.3 Å². The quantitative estimate of drug-likeness (QED) is 0.673. The molecule has 2 atom stereocenters. The van der Waals surface area contributed by atoms with Gasteiger partial charge in [0.1, 0.15) is 13.2 Å². The van der Waals surface area contributed by atoms with E-state index in [2.05, 4.69) is 0 Å². The summed E-state index contributed by atoms with van der Waals surface area (Å²) in [5, 5.41) is 0. The lowest BCUT2D eigenvalue weighted by molar-refractivity contribution is -0.145. The number of benzene rings is 2. The first kappa shape index (κ1) is 19.3. The van der Waals surface area contributed by atoms with Crippen LogP contribution >= 0.6 is 0 Å². The van der Waals surface area contributed by atoms with Crippen molar-refractivity contribution >= 4 is 11.9 Å². The van der Waals surface area contributed by atoms with Crippen LogP contribution < -0.4 is 9.47 Å². The monoisotopic (exact) mass is 395 g/mol. The maximum Gasteiger partial charge on any atom is 0.309 e. The molecule has 0 saturated heterocycles. The van der Waals surface area contributed by atoms with Gasteiger partial charge in [0.05, 0.1) is 12.5 Å². The van der Waals surface area contributed by atoms with Crippen molar-refractivity contribution in [2.24, 2.45) is 11.8 Å². The molecule has 1 aliphatic carbocycles. The minimum Gasteiger partial charge on any atom is -0.486 e. The molecule has 4 rings (SSSR count). The molecule has 0 aromatic heterocycles. The summed E-state index contributed by atoms with van der Waals surface area (Å²) in [4.78, 5) is 27.1. The normalized spacial score (nSPS) is 19.3. The van der Waals surface area contributed by atoms with Crippen molar-refractivity contribution in [1.29, 1.82) is 0 Å². The zero-order chi connectivity index (χ0) is 20.2. The van der Waals surface area contributed by atoms with Crippen LogP contribution in [-0.4, -0.2) is 43.1 Å². The lowest BCUT2D eigenvalue weighted by atomic mass is 10.1. The Balaban J connectivity index is 1.51. The van der Waals surface area contributed by atoms with Crippen molar-refractivity contribution in [2.75, 3.05) is 26.4 Å². The Hall–Kier alpha value is -3.02. The standard InChI is InChI=1S/C23H25NO5/c1-2-27-23(26)19-12-18(19)15-24(14-16-6-4-3-5-7-16)22(25)17-8-9-20-21(13-17)29-11-10-28-20/h3-9,13,18-19H,2,10-12,14-15H2,1H3/t18-,19-/m0/s1. The van der Waals surface area contributed by atoms with Gasteiger partial charge in [-0.2, -0.15) is 0 Å². The highest BCUT2D eigenvalue weighted by Crippen LogP contribution is 2.40. The van der Waals surface area contributed by atoms with Gasteiger partial charge >= 0.3 is 5.97 Å². The smallest absolute Gasteiger partial charge is 0.309 e. The topological polar surface area (TPSA) is 65.1 Å². The third-order valence-electron chi connectivity index (χ3n) is 5.26. The van der Waals surface area contributed by atoms with Crippen molar-refractivity contribution < 1.29 is 23.8 Å². The van der Waals surface area contributed by atoms with Crippen molar-refractivity contribution in [3.05, 3.63) is 59.7 Å². The average Bonchev–Trinajstić information content (AvgIpc) is 3.53. The summed E-state index contributed by atoms with van der Waals surface area (Å²) in [6, 6.07) is 15.2. The molecule has 0 unspecified atom stereocenters. The molecule has 2 aromatic carbocycles. The molecular formula is C23H25NO5. The zero-order valence-electron chi connectivity index (χ0n) is 16.5. The predicted octanol–water partition coefficient (Wildman–Crippen LogP) is 3.30. The SMILES string of the molecule is CCOC(=O)[C@H]1C[C@H]1CN(Cc1ccccc1)C(=O)c1ccc2c(c1)OCCO2. The Morgan fingerprint density at radius 3 is 2.59 bits per heavy atom. The lowest BCUT2D eigenvalue weighted by Gasteiger charge is -2.24. The molecule has 29 heavy (non-hydrogen) atoms. The first-order chi connectivity index (χ1) is 14.2. The van der Waals surface area contributed by atoms with E-state index in [9.17, 15) is 9.59 Å². The minimum absolute atomic E-state index is 0.0830. The van der Waals surface area contributed by atoms with Gasteiger partial charge < -0.3 is 19.1 Å². The third kappa shape index (κ3) is 4.53. The van der Waals surface area contributed by atoms with E-state index in [0.717, 1.165) is 12.0 Å². The summed E-state index contributed by atoms with van der Waals surface area (Å²) < 4.78 is 16.3. The summed E-state index contributed by atoms with van der Waals surface area (Å²) >= 11 is 0. The van der Waals surface area contributed by atoms with Crippen LogP contribution in [-0.2, 0) is 16.1 Å². The van der Waals surface area contributed by atoms with E-state index in [-0.39, 0.29) is 23.7 Å². The number of esters is 1. The number of ether oxygens (including phenoxy) is 3. The largest absolute Gasteiger partial charge is 0.486 e. The Morgan fingerprint density at radius 2 is 1.83 bits per heavy atom. The number of carbonyl (C=O) groups excluding carboxylic acids is 2. The van der Waals surface area contributed by atoms with Crippen LogP contribution in [0.4, 0.5) is 0 Å². The molecule has 1 fully saturated rings. The lowest BCUT2D eigenvalue weighted by Crippen LogP contribution is -2.33. The molecule has 1 amide bonds. The average molecular weight is 395 g/mol. The fourth-order valence-electron chi connectivity index (χ4n) is 3.65. The number of rotatable bonds is 7. The highest BCUT2D eigenvalue weighted by molar-refractivity contribution is 5.95.